The lowest BCUT2D eigenvalue weighted by Crippen LogP contribution is -2.41. The quantitative estimate of drug-likeness (QED) is 0.714. The average molecular weight is 317 g/mol. The van der Waals surface area contributed by atoms with Crippen molar-refractivity contribution in [3.05, 3.63) is 34.8 Å². The minimum atomic E-state index is 0.791. The molecule has 2 saturated heterocycles. The molecule has 0 amide bonds. The van der Waals surface area contributed by atoms with Crippen molar-refractivity contribution in [2.24, 2.45) is 5.92 Å². The van der Waals surface area contributed by atoms with Gasteiger partial charge in [0.25, 0.3) is 0 Å². The zero-order chi connectivity index (χ0) is 14.8. The van der Waals surface area contributed by atoms with Gasteiger partial charge < -0.3 is 4.90 Å². The van der Waals surface area contributed by atoms with Crippen molar-refractivity contribution in [2.75, 3.05) is 26.2 Å². The van der Waals surface area contributed by atoms with Crippen LogP contribution < -0.4 is 0 Å². The molecular weight excluding hydrogens is 288 g/mol. The smallest absolute Gasteiger partial charge is 0.0262 e. The van der Waals surface area contributed by atoms with Crippen LogP contribution in [-0.4, -0.2) is 41.4 Å². The molecule has 0 aromatic carbocycles. The summed E-state index contributed by atoms with van der Waals surface area (Å²) in [5.41, 5.74) is 1.61. The number of rotatable bonds is 3. The molecule has 4 rings (SSSR count). The van der Waals surface area contributed by atoms with Crippen LogP contribution in [0.4, 0.5) is 0 Å². The Bertz CT molecular complexity index is 480. The van der Waals surface area contributed by atoms with Crippen molar-refractivity contribution < 1.29 is 0 Å². The van der Waals surface area contributed by atoms with Gasteiger partial charge in [0.05, 0.1) is 0 Å². The van der Waals surface area contributed by atoms with E-state index in [2.05, 4.69) is 33.5 Å². The Morgan fingerprint density at radius 3 is 2.55 bits per heavy atom. The topological polar surface area (TPSA) is 6.48 Å². The third-order valence-corrected chi connectivity index (χ3v) is 6.89. The number of piperidine rings is 1. The first-order valence-corrected chi connectivity index (χ1v) is 9.92. The summed E-state index contributed by atoms with van der Waals surface area (Å²) in [7, 11) is 0. The standard InChI is InChI=1S/C19H28N2S/c1-2-8-18-16(6-1)7-5-9-19(18)22-21-14-10-17(11-15-21)20-12-3-4-13-20/h2,5,8-9,16-17H,1,3-4,6-7,10-15H2. The number of fused-ring (bicyclic) bond motifs is 1. The summed E-state index contributed by atoms with van der Waals surface area (Å²) in [5, 5.41) is 0. The molecule has 22 heavy (non-hydrogen) atoms. The second-order valence-electron chi connectivity index (χ2n) is 7.13. The first-order chi connectivity index (χ1) is 10.9. The first-order valence-electron chi connectivity index (χ1n) is 9.14. The number of hydrogen-bond donors (Lipinski definition) is 0. The van der Waals surface area contributed by atoms with Gasteiger partial charge in [0, 0.05) is 24.0 Å². The van der Waals surface area contributed by atoms with E-state index in [0.29, 0.717) is 0 Å². The lowest BCUT2D eigenvalue weighted by Gasteiger charge is -2.37. The second-order valence-corrected chi connectivity index (χ2v) is 8.27. The van der Waals surface area contributed by atoms with Gasteiger partial charge in [-0.2, -0.15) is 0 Å². The van der Waals surface area contributed by atoms with Gasteiger partial charge in [0.2, 0.25) is 0 Å². The molecule has 2 aliphatic carbocycles. The maximum Gasteiger partial charge on any atom is 0.0262 e. The summed E-state index contributed by atoms with van der Waals surface area (Å²) in [6.07, 6.45) is 19.0. The van der Waals surface area contributed by atoms with E-state index >= 15 is 0 Å². The highest BCUT2D eigenvalue weighted by Crippen LogP contribution is 2.39. The number of hydrogen-bond acceptors (Lipinski definition) is 3. The molecule has 0 bridgehead atoms. The Kier molecular flexibility index (Phi) is 4.75. The van der Waals surface area contributed by atoms with E-state index in [9.17, 15) is 0 Å². The molecule has 2 nitrogen and oxygen atoms in total. The largest absolute Gasteiger partial charge is 0.300 e. The van der Waals surface area contributed by atoms with Gasteiger partial charge in [0.1, 0.15) is 0 Å². The van der Waals surface area contributed by atoms with E-state index in [1.165, 1.54) is 76.0 Å². The molecule has 0 N–H and O–H groups in total. The SMILES string of the molecule is C1=CC2=C(SN3CCC(N4CCCC4)CC3)C=CCC2CC1. The lowest BCUT2D eigenvalue weighted by molar-refractivity contribution is 0.173. The normalized spacial score (nSPS) is 31.0. The fourth-order valence-corrected chi connectivity index (χ4v) is 5.56. The summed E-state index contributed by atoms with van der Waals surface area (Å²) >= 11 is 2.03. The van der Waals surface area contributed by atoms with Crippen LogP contribution in [0.3, 0.4) is 0 Å². The zero-order valence-electron chi connectivity index (χ0n) is 13.5. The van der Waals surface area contributed by atoms with Crippen molar-refractivity contribution in [2.45, 2.75) is 51.0 Å². The molecular formula is C19H28N2S. The average Bonchev–Trinajstić information content (AvgIpc) is 3.10. The molecule has 2 fully saturated rings. The Morgan fingerprint density at radius 1 is 0.909 bits per heavy atom. The number of nitrogens with zero attached hydrogens (tertiary/aromatic N) is 2. The highest BCUT2D eigenvalue weighted by Gasteiger charge is 2.28. The Morgan fingerprint density at radius 2 is 1.73 bits per heavy atom. The minimum absolute atomic E-state index is 0.791. The van der Waals surface area contributed by atoms with Crippen LogP contribution in [0.2, 0.25) is 0 Å². The summed E-state index contributed by atoms with van der Waals surface area (Å²) in [6.45, 7) is 5.21. The molecule has 1 unspecified atom stereocenters. The first kappa shape index (κ1) is 15.0. The molecule has 2 heterocycles. The van der Waals surface area contributed by atoms with E-state index in [0.717, 1.165) is 12.0 Å². The van der Waals surface area contributed by atoms with E-state index in [1.807, 2.05) is 11.9 Å². The molecule has 2 aliphatic heterocycles. The molecule has 120 valence electrons. The summed E-state index contributed by atoms with van der Waals surface area (Å²) < 4.78 is 2.62. The highest BCUT2D eigenvalue weighted by molar-refractivity contribution is 8.01. The van der Waals surface area contributed by atoms with E-state index in [1.54, 1.807) is 5.57 Å². The van der Waals surface area contributed by atoms with Crippen LogP contribution in [0.15, 0.2) is 34.8 Å². The molecule has 0 aromatic rings. The van der Waals surface area contributed by atoms with E-state index < -0.39 is 0 Å². The van der Waals surface area contributed by atoms with Crippen molar-refractivity contribution in [3.63, 3.8) is 0 Å². The van der Waals surface area contributed by atoms with Crippen LogP contribution in [0.1, 0.15) is 44.9 Å². The lowest BCUT2D eigenvalue weighted by atomic mass is 9.84. The van der Waals surface area contributed by atoms with Crippen molar-refractivity contribution in [3.8, 4) is 0 Å². The molecule has 0 spiro atoms. The second kappa shape index (κ2) is 6.94. The summed E-state index contributed by atoms with van der Waals surface area (Å²) in [6, 6.07) is 0.862. The van der Waals surface area contributed by atoms with Crippen LogP contribution in [-0.2, 0) is 0 Å². The van der Waals surface area contributed by atoms with Crippen LogP contribution >= 0.6 is 11.9 Å². The van der Waals surface area contributed by atoms with Gasteiger partial charge in [-0.25, -0.2) is 4.31 Å². The monoisotopic (exact) mass is 316 g/mol. The minimum Gasteiger partial charge on any atom is -0.300 e. The molecule has 0 radical (unpaired) electrons. The van der Waals surface area contributed by atoms with E-state index in [4.69, 9.17) is 0 Å². The van der Waals surface area contributed by atoms with Gasteiger partial charge in [-0.15, -0.1) is 0 Å². The predicted molar refractivity (Wildman–Crippen MR) is 95.6 cm³/mol. The van der Waals surface area contributed by atoms with Gasteiger partial charge in [0.15, 0.2) is 0 Å². The van der Waals surface area contributed by atoms with Crippen molar-refractivity contribution >= 4 is 11.9 Å². The van der Waals surface area contributed by atoms with Gasteiger partial charge >= 0.3 is 0 Å². The molecule has 1 atom stereocenters. The number of likely N-dealkylation sites (tertiary alicyclic amines) is 1. The van der Waals surface area contributed by atoms with Gasteiger partial charge in [-0.3, -0.25) is 0 Å². The third-order valence-electron chi connectivity index (χ3n) is 5.70. The Labute approximate surface area is 139 Å². The Balaban J connectivity index is 1.36. The molecule has 0 aromatic heterocycles. The predicted octanol–water partition coefficient (Wildman–Crippen LogP) is 4.38. The maximum atomic E-state index is 2.74. The van der Waals surface area contributed by atoms with E-state index in [-0.39, 0.29) is 0 Å². The Hall–Kier alpha value is -0.510. The van der Waals surface area contributed by atoms with Crippen LogP contribution in [0.5, 0.6) is 0 Å². The van der Waals surface area contributed by atoms with Crippen LogP contribution in [0, 0.1) is 5.92 Å². The number of allylic oxidation sites excluding steroid dienone is 5. The summed E-state index contributed by atoms with van der Waals surface area (Å²) in [4.78, 5) is 4.26. The van der Waals surface area contributed by atoms with Crippen molar-refractivity contribution in [1.82, 2.24) is 9.21 Å². The van der Waals surface area contributed by atoms with Gasteiger partial charge in [-0.1, -0.05) is 24.3 Å². The fraction of sp³-hybridized carbons (Fsp3) is 0.684. The highest BCUT2D eigenvalue weighted by atomic mass is 32.2. The molecule has 4 aliphatic rings. The fourth-order valence-electron chi connectivity index (χ4n) is 4.39. The third kappa shape index (κ3) is 3.22. The molecule has 3 heteroatoms. The van der Waals surface area contributed by atoms with Crippen LogP contribution in [0.25, 0.3) is 0 Å². The zero-order valence-corrected chi connectivity index (χ0v) is 14.4. The van der Waals surface area contributed by atoms with Gasteiger partial charge in [-0.05, 0) is 81.5 Å². The summed E-state index contributed by atoms with van der Waals surface area (Å²) in [5.74, 6) is 0.791. The molecule has 0 saturated carbocycles. The maximum absolute atomic E-state index is 2.74. The van der Waals surface area contributed by atoms with Crippen molar-refractivity contribution in [1.29, 1.82) is 0 Å².